The molecule has 1 aromatic heterocycles. The van der Waals surface area contributed by atoms with Gasteiger partial charge in [-0.3, -0.25) is 9.69 Å². The third-order valence-corrected chi connectivity index (χ3v) is 6.98. The lowest BCUT2D eigenvalue weighted by Crippen LogP contribution is -2.50. The molecule has 10 heteroatoms. The maximum atomic E-state index is 11.4. The van der Waals surface area contributed by atoms with Crippen molar-refractivity contribution in [3.8, 4) is 0 Å². The fraction of sp³-hybridized carbons (Fsp3) is 0.600. The van der Waals surface area contributed by atoms with Crippen molar-refractivity contribution < 1.29 is 9.90 Å². The molecule has 0 radical (unpaired) electrons. The molecule has 162 valence electrons. The molecule has 0 spiro atoms. The molecular weight excluding hydrogens is 427 g/mol. The number of piperidine rings is 1. The first-order valence-electron chi connectivity index (χ1n) is 10.3. The van der Waals surface area contributed by atoms with E-state index >= 15 is 0 Å². The maximum absolute atomic E-state index is 11.4. The molecule has 1 saturated heterocycles. The second-order valence-electron chi connectivity index (χ2n) is 8.47. The summed E-state index contributed by atoms with van der Waals surface area (Å²) in [7, 11) is 0. The minimum Gasteiger partial charge on any atom is -0.480 e. The number of aliphatic carboxylic acids is 1. The summed E-state index contributed by atoms with van der Waals surface area (Å²) >= 11 is 12.5. The van der Waals surface area contributed by atoms with E-state index in [1.807, 2.05) is 12.1 Å². The number of H-pyrrole nitrogens is 1. The summed E-state index contributed by atoms with van der Waals surface area (Å²) in [6.07, 6.45) is 4.03. The van der Waals surface area contributed by atoms with Crippen LogP contribution in [-0.4, -0.2) is 55.7 Å². The first kappa shape index (κ1) is 21.5. The number of hydrogen-bond donors (Lipinski definition) is 3. The topological polar surface area (TPSA) is 107 Å². The fourth-order valence-corrected chi connectivity index (χ4v) is 5.37. The van der Waals surface area contributed by atoms with E-state index in [1.165, 1.54) is 0 Å². The Hall–Kier alpha value is -1.74. The quantitative estimate of drug-likeness (QED) is 0.592. The Bertz CT molecular complexity index is 865. The summed E-state index contributed by atoms with van der Waals surface area (Å²) in [6, 6.07) is 5.14. The first-order valence-corrected chi connectivity index (χ1v) is 11.1. The lowest BCUT2D eigenvalue weighted by molar-refractivity contribution is -0.141. The van der Waals surface area contributed by atoms with Crippen LogP contribution in [0.15, 0.2) is 18.2 Å². The van der Waals surface area contributed by atoms with E-state index in [4.69, 9.17) is 23.2 Å². The van der Waals surface area contributed by atoms with Crippen molar-refractivity contribution >= 4 is 29.2 Å². The number of nitrogens with zero attached hydrogens (tertiary/aromatic N) is 4. The first-order chi connectivity index (χ1) is 14.5. The maximum Gasteiger partial charge on any atom is 0.320 e. The predicted octanol–water partition coefficient (Wildman–Crippen LogP) is 2.99. The van der Waals surface area contributed by atoms with Gasteiger partial charge < -0.3 is 10.4 Å². The third-order valence-electron chi connectivity index (χ3n) is 6.39. The Balaban J connectivity index is 1.44. The van der Waals surface area contributed by atoms with Crippen molar-refractivity contribution in [2.75, 3.05) is 13.1 Å². The molecular formula is C20H26Cl2N6O2. The van der Waals surface area contributed by atoms with E-state index in [9.17, 15) is 9.90 Å². The van der Waals surface area contributed by atoms with Gasteiger partial charge in [0, 0.05) is 23.1 Å². The molecule has 1 aliphatic carbocycles. The van der Waals surface area contributed by atoms with Gasteiger partial charge in [0.2, 0.25) is 0 Å². The summed E-state index contributed by atoms with van der Waals surface area (Å²) in [4.78, 5) is 13.7. The van der Waals surface area contributed by atoms with Gasteiger partial charge in [-0.1, -0.05) is 34.5 Å². The number of fused-ring (bicyclic) bond motifs is 1. The SMILES string of the molecule is O=C(O)C1CC2CC(CN(Cc3nn[nH]n3)Cc3ccc(Cl)cc3Cl)CCC2CN1. The van der Waals surface area contributed by atoms with Gasteiger partial charge in [0.25, 0.3) is 0 Å². The van der Waals surface area contributed by atoms with E-state index in [0.29, 0.717) is 53.1 Å². The smallest absolute Gasteiger partial charge is 0.320 e. The summed E-state index contributed by atoms with van der Waals surface area (Å²) in [5.41, 5.74) is 1.01. The van der Waals surface area contributed by atoms with Gasteiger partial charge in [-0.15, -0.1) is 10.2 Å². The zero-order valence-electron chi connectivity index (χ0n) is 16.6. The molecule has 4 atom stereocenters. The summed E-state index contributed by atoms with van der Waals surface area (Å²) in [6.45, 7) is 2.91. The number of nitrogens with one attached hydrogen (secondary N) is 2. The molecule has 4 rings (SSSR count). The zero-order valence-corrected chi connectivity index (χ0v) is 18.1. The Morgan fingerprint density at radius 1 is 1.20 bits per heavy atom. The van der Waals surface area contributed by atoms with Crippen molar-refractivity contribution in [2.24, 2.45) is 17.8 Å². The molecule has 1 saturated carbocycles. The van der Waals surface area contributed by atoms with E-state index < -0.39 is 12.0 Å². The van der Waals surface area contributed by atoms with Gasteiger partial charge >= 0.3 is 5.97 Å². The van der Waals surface area contributed by atoms with E-state index in [1.54, 1.807) is 6.07 Å². The molecule has 2 aliphatic rings. The molecule has 0 amide bonds. The number of aromatic amines is 1. The number of carbonyl (C=O) groups is 1. The van der Waals surface area contributed by atoms with Gasteiger partial charge in [-0.05, 0) is 67.7 Å². The fourth-order valence-electron chi connectivity index (χ4n) is 4.91. The summed E-state index contributed by atoms with van der Waals surface area (Å²) in [5, 5.41) is 28.2. The molecule has 30 heavy (non-hydrogen) atoms. The van der Waals surface area contributed by atoms with Crippen LogP contribution in [0.2, 0.25) is 10.0 Å². The van der Waals surface area contributed by atoms with Gasteiger partial charge in [0.15, 0.2) is 5.82 Å². The highest BCUT2D eigenvalue weighted by Gasteiger charge is 2.38. The van der Waals surface area contributed by atoms with Crippen LogP contribution < -0.4 is 5.32 Å². The number of rotatable bonds is 7. The van der Waals surface area contributed by atoms with Crippen LogP contribution in [0.25, 0.3) is 0 Å². The molecule has 1 aliphatic heterocycles. The van der Waals surface area contributed by atoms with Crippen molar-refractivity contribution in [2.45, 2.75) is 44.8 Å². The Morgan fingerprint density at radius 2 is 2.07 bits per heavy atom. The van der Waals surface area contributed by atoms with Crippen molar-refractivity contribution in [3.05, 3.63) is 39.6 Å². The molecule has 4 unspecified atom stereocenters. The molecule has 8 nitrogen and oxygen atoms in total. The Morgan fingerprint density at radius 3 is 2.80 bits per heavy atom. The van der Waals surface area contributed by atoms with Gasteiger partial charge in [-0.2, -0.15) is 5.21 Å². The average molecular weight is 453 g/mol. The highest BCUT2D eigenvalue weighted by Crippen LogP contribution is 2.39. The van der Waals surface area contributed by atoms with Crippen LogP contribution in [0.1, 0.15) is 37.1 Å². The number of carboxylic acid groups (broad SMARTS) is 1. The Labute approximate surface area is 185 Å². The number of carboxylic acids is 1. The highest BCUT2D eigenvalue weighted by molar-refractivity contribution is 6.35. The Kier molecular flexibility index (Phi) is 6.87. The summed E-state index contributed by atoms with van der Waals surface area (Å²) < 4.78 is 0. The van der Waals surface area contributed by atoms with Gasteiger partial charge in [0.1, 0.15) is 6.04 Å². The van der Waals surface area contributed by atoms with E-state index in [2.05, 4.69) is 30.8 Å². The third kappa shape index (κ3) is 5.29. The van der Waals surface area contributed by atoms with Crippen molar-refractivity contribution in [1.82, 2.24) is 30.8 Å². The zero-order chi connectivity index (χ0) is 21.1. The number of aromatic nitrogens is 4. The molecule has 2 heterocycles. The van der Waals surface area contributed by atoms with E-state index in [-0.39, 0.29) is 0 Å². The summed E-state index contributed by atoms with van der Waals surface area (Å²) in [5.74, 6) is 1.43. The van der Waals surface area contributed by atoms with Crippen molar-refractivity contribution in [3.63, 3.8) is 0 Å². The van der Waals surface area contributed by atoms with Gasteiger partial charge in [0.05, 0.1) is 6.54 Å². The molecule has 2 fully saturated rings. The van der Waals surface area contributed by atoms with Crippen LogP contribution in [-0.2, 0) is 17.9 Å². The average Bonchev–Trinajstić information content (AvgIpc) is 3.22. The van der Waals surface area contributed by atoms with E-state index in [0.717, 1.165) is 37.9 Å². The minimum atomic E-state index is -0.744. The second kappa shape index (κ2) is 9.60. The predicted molar refractivity (Wildman–Crippen MR) is 113 cm³/mol. The number of tetrazole rings is 1. The number of hydrogen-bond acceptors (Lipinski definition) is 6. The molecule has 0 bridgehead atoms. The normalized spacial score (nSPS) is 26.5. The van der Waals surface area contributed by atoms with Crippen LogP contribution in [0, 0.1) is 17.8 Å². The van der Waals surface area contributed by atoms with Crippen molar-refractivity contribution in [1.29, 1.82) is 0 Å². The molecule has 2 aromatic rings. The molecule has 1 aromatic carbocycles. The molecule has 3 N–H and O–H groups in total. The standard InChI is InChI=1S/C20H26Cl2N6O2/c21-16-4-3-14(17(22)7-16)10-28(11-19-24-26-27-25-19)9-12-1-2-13-8-23-18(20(29)30)6-15(13)5-12/h3-4,7,12-13,15,18,23H,1-2,5-6,8-11H2,(H,29,30)(H,24,25,26,27). The van der Waals surface area contributed by atoms with Crippen LogP contribution >= 0.6 is 23.2 Å². The van der Waals surface area contributed by atoms with Crippen LogP contribution in [0.4, 0.5) is 0 Å². The van der Waals surface area contributed by atoms with Crippen LogP contribution in [0.3, 0.4) is 0 Å². The largest absolute Gasteiger partial charge is 0.480 e. The minimum absolute atomic E-state index is 0.423. The highest BCUT2D eigenvalue weighted by atomic mass is 35.5. The number of halogens is 2. The number of benzene rings is 1. The van der Waals surface area contributed by atoms with Crippen LogP contribution in [0.5, 0.6) is 0 Å². The second-order valence-corrected chi connectivity index (χ2v) is 9.31. The lowest BCUT2D eigenvalue weighted by atomic mass is 9.69. The monoisotopic (exact) mass is 452 g/mol. The lowest BCUT2D eigenvalue weighted by Gasteiger charge is -2.42. The van der Waals surface area contributed by atoms with Gasteiger partial charge in [-0.25, -0.2) is 0 Å².